The standard InChI is InChI=1S/C17H15BrFNO/c1-2-12(13-7-4-3-5-8-13)11-16(21)20-17-14(18)9-6-10-15(17)19/h2-10,12H,1,11H2,(H,20,21)/t12-/m0/s1. The Morgan fingerprint density at radius 1 is 1.24 bits per heavy atom. The van der Waals surface area contributed by atoms with Crippen LogP contribution in [0.1, 0.15) is 17.9 Å². The first-order valence-electron chi connectivity index (χ1n) is 6.53. The van der Waals surface area contributed by atoms with E-state index in [1.807, 2.05) is 30.3 Å². The molecule has 108 valence electrons. The molecule has 0 radical (unpaired) electrons. The molecule has 21 heavy (non-hydrogen) atoms. The predicted molar refractivity (Wildman–Crippen MR) is 86.7 cm³/mol. The normalized spacial score (nSPS) is 11.7. The molecule has 0 spiro atoms. The van der Waals surface area contributed by atoms with E-state index in [1.165, 1.54) is 6.07 Å². The minimum atomic E-state index is -0.465. The van der Waals surface area contributed by atoms with Crippen molar-refractivity contribution in [3.8, 4) is 0 Å². The molecular formula is C17H15BrFNO. The van der Waals surface area contributed by atoms with E-state index in [9.17, 15) is 9.18 Å². The van der Waals surface area contributed by atoms with Gasteiger partial charge in [0.1, 0.15) is 5.82 Å². The zero-order valence-corrected chi connectivity index (χ0v) is 12.9. The summed E-state index contributed by atoms with van der Waals surface area (Å²) in [7, 11) is 0. The van der Waals surface area contributed by atoms with Crippen molar-refractivity contribution >= 4 is 27.5 Å². The number of anilines is 1. The number of allylic oxidation sites excluding steroid dienone is 1. The van der Waals surface area contributed by atoms with Gasteiger partial charge in [0, 0.05) is 16.8 Å². The van der Waals surface area contributed by atoms with Gasteiger partial charge in [0.15, 0.2) is 0 Å². The van der Waals surface area contributed by atoms with Gasteiger partial charge in [-0.05, 0) is 33.6 Å². The van der Waals surface area contributed by atoms with Crippen LogP contribution in [0.15, 0.2) is 65.7 Å². The molecule has 0 aliphatic heterocycles. The molecule has 0 bridgehead atoms. The average Bonchev–Trinajstić information content (AvgIpc) is 2.49. The lowest BCUT2D eigenvalue weighted by molar-refractivity contribution is -0.116. The highest BCUT2D eigenvalue weighted by atomic mass is 79.9. The van der Waals surface area contributed by atoms with Crippen molar-refractivity contribution in [3.63, 3.8) is 0 Å². The second-order valence-corrected chi connectivity index (χ2v) is 5.46. The number of para-hydroxylation sites is 1. The fraction of sp³-hybridized carbons (Fsp3) is 0.118. The van der Waals surface area contributed by atoms with Gasteiger partial charge in [0.2, 0.25) is 5.91 Å². The van der Waals surface area contributed by atoms with Crippen LogP contribution < -0.4 is 5.32 Å². The maximum absolute atomic E-state index is 13.7. The van der Waals surface area contributed by atoms with Crippen molar-refractivity contribution in [2.45, 2.75) is 12.3 Å². The SMILES string of the molecule is C=C[C@@H](CC(=O)Nc1c(F)cccc1Br)c1ccccc1. The Morgan fingerprint density at radius 2 is 1.95 bits per heavy atom. The van der Waals surface area contributed by atoms with Crippen LogP contribution in [0.2, 0.25) is 0 Å². The van der Waals surface area contributed by atoms with Crippen LogP contribution in [0.3, 0.4) is 0 Å². The summed E-state index contributed by atoms with van der Waals surface area (Å²) >= 11 is 3.23. The Kier molecular flexibility index (Phi) is 5.28. The fourth-order valence-corrected chi connectivity index (χ4v) is 2.49. The highest BCUT2D eigenvalue weighted by Gasteiger charge is 2.15. The Hall–Kier alpha value is -1.94. The molecule has 2 rings (SSSR count). The van der Waals surface area contributed by atoms with Crippen LogP contribution in [0.5, 0.6) is 0 Å². The summed E-state index contributed by atoms with van der Waals surface area (Å²) in [6.07, 6.45) is 1.94. The van der Waals surface area contributed by atoms with Crippen molar-refractivity contribution in [2.24, 2.45) is 0 Å². The molecule has 2 nitrogen and oxygen atoms in total. The molecule has 0 saturated carbocycles. The van der Waals surface area contributed by atoms with E-state index in [0.29, 0.717) is 4.47 Å². The van der Waals surface area contributed by atoms with Crippen LogP contribution in [0.4, 0.5) is 10.1 Å². The second-order valence-electron chi connectivity index (χ2n) is 4.60. The lowest BCUT2D eigenvalue weighted by Gasteiger charge is -2.14. The van der Waals surface area contributed by atoms with Crippen LogP contribution in [0.25, 0.3) is 0 Å². The van der Waals surface area contributed by atoms with Gasteiger partial charge in [-0.3, -0.25) is 4.79 Å². The third-order valence-electron chi connectivity index (χ3n) is 3.14. The third-order valence-corrected chi connectivity index (χ3v) is 3.81. The Morgan fingerprint density at radius 3 is 2.57 bits per heavy atom. The summed E-state index contributed by atoms with van der Waals surface area (Å²) in [5.74, 6) is -0.820. The van der Waals surface area contributed by atoms with E-state index in [2.05, 4.69) is 27.8 Å². The summed E-state index contributed by atoms with van der Waals surface area (Å²) in [6.45, 7) is 3.77. The molecule has 2 aromatic rings. The van der Waals surface area contributed by atoms with Crippen LogP contribution >= 0.6 is 15.9 Å². The highest BCUT2D eigenvalue weighted by molar-refractivity contribution is 9.10. The van der Waals surface area contributed by atoms with Gasteiger partial charge in [-0.2, -0.15) is 0 Å². The average molecular weight is 348 g/mol. The highest BCUT2D eigenvalue weighted by Crippen LogP contribution is 2.27. The predicted octanol–water partition coefficient (Wildman–Crippen LogP) is 4.89. The van der Waals surface area contributed by atoms with Crippen LogP contribution in [-0.2, 0) is 4.79 Å². The molecule has 0 aliphatic carbocycles. The summed E-state index contributed by atoms with van der Waals surface area (Å²) in [4.78, 5) is 12.1. The third kappa shape index (κ3) is 4.02. The molecule has 1 amide bonds. The van der Waals surface area contributed by atoms with E-state index in [-0.39, 0.29) is 23.9 Å². The van der Waals surface area contributed by atoms with E-state index in [4.69, 9.17) is 0 Å². The molecule has 1 N–H and O–H groups in total. The molecule has 0 aliphatic rings. The molecule has 1 atom stereocenters. The van der Waals surface area contributed by atoms with Crippen molar-refractivity contribution in [1.29, 1.82) is 0 Å². The zero-order valence-electron chi connectivity index (χ0n) is 11.4. The summed E-state index contributed by atoms with van der Waals surface area (Å²) in [6, 6.07) is 14.2. The second kappa shape index (κ2) is 7.18. The number of rotatable bonds is 5. The number of carbonyl (C=O) groups excluding carboxylic acids is 1. The van der Waals surface area contributed by atoms with Crippen molar-refractivity contribution < 1.29 is 9.18 Å². The van der Waals surface area contributed by atoms with Gasteiger partial charge in [0.25, 0.3) is 0 Å². The van der Waals surface area contributed by atoms with Gasteiger partial charge < -0.3 is 5.32 Å². The van der Waals surface area contributed by atoms with Crippen molar-refractivity contribution in [3.05, 3.63) is 77.0 Å². The number of halogens is 2. The van der Waals surface area contributed by atoms with Gasteiger partial charge in [-0.1, -0.05) is 42.5 Å². The number of amides is 1. The van der Waals surface area contributed by atoms with E-state index in [0.717, 1.165) is 5.56 Å². The fourth-order valence-electron chi connectivity index (χ4n) is 2.04. The number of benzene rings is 2. The van der Waals surface area contributed by atoms with E-state index < -0.39 is 5.82 Å². The maximum atomic E-state index is 13.7. The molecular weight excluding hydrogens is 333 g/mol. The molecule has 0 heterocycles. The smallest absolute Gasteiger partial charge is 0.225 e. The lowest BCUT2D eigenvalue weighted by Crippen LogP contribution is -2.16. The van der Waals surface area contributed by atoms with E-state index in [1.54, 1.807) is 18.2 Å². The monoisotopic (exact) mass is 347 g/mol. The largest absolute Gasteiger partial charge is 0.323 e. The Bertz CT molecular complexity index is 622. The number of hydrogen-bond acceptors (Lipinski definition) is 1. The van der Waals surface area contributed by atoms with Crippen LogP contribution in [0, 0.1) is 5.82 Å². The first-order chi connectivity index (χ1) is 10.1. The summed E-state index contributed by atoms with van der Waals surface area (Å²) in [5, 5.41) is 2.60. The first-order valence-corrected chi connectivity index (χ1v) is 7.32. The topological polar surface area (TPSA) is 29.1 Å². The van der Waals surface area contributed by atoms with E-state index >= 15 is 0 Å². The van der Waals surface area contributed by atoms with Gasteiger partial charge in [0.05, 0.1) is 5.69 Å². The van der Waals surface area contributed by atoms with Gasteiger partial charge in [-0.25, -0.2) is 4.39 Å². The number of carbonyl (C=O) groups is 1. The number of hydrogen-bond donors (Lipinski definition) is 1. The Labute approximate surface area is 131 Å². The Balaban J connectivity index is 2.09. The van der Waals surface area contributed by atoms with Gasteiger partial charge >= 0.3 is 0 Å². The molecule has 0 aromatic heterocycles. The van der Waals surface area contributed by atoms with Crippen molar-refractivity contribution in [2.75, 3.05) is 5.32 Å². The summed E-state index contributed by atoms with van der Waals surface area (Å²) < 4.78 is 14.2. The van der Waals surface area contributed by atoms with Crippen molar-refractivity contribution in [1.82, 2.24) is 0 Å². The minimum absolute atomic E-state index is 0.100. The molecule has 0 saturated heterocycles. The minimum Gasteiger partial charge on any atom is -0.323 e. The van der Waals surface area contributed by atoms with Gasteiger partial charge in [-0.15, -0.1) is 6.58 Å². The zero-order chi connectivity index (χ0) is 15.2. The van der Waals surface area contributed by atoms with Crippen LogP contribution in [-0.4, -0.2) is 5.91 Å². The molecule has 4 heteroatoms. The lowest BCUT2D eigenvalue weighted by atomic mass is 9.95. The molecule has 2 aromatic carbocycles. The maximum Gasteiger partial charge on any atom is 0.225 e. The number of nitrogens with one attached hydrogen (secondary N) is 1. The molecule has 0 unspecified atom stereocenters. The molecule has 0 fully saturated rings. The first kappa shape index (κ1) is 15.4. The quantitative estimate of drug-likeness (QED) is 0.766. The summed E-state index contributed by atoms with van der Waals surface area (Å²) in [5.41, 5.74) is 1.17.